The molecule has 0 atom stereocenters. The number of hydrogen-bond donors (Lipinski definition) is 2. The first-order valence-electron chi connectivity index (χ1n) is 8.62. The zero-order chi connectivity index (χ0) is 17.5. The van der Waals surface area contributed by atoms with Gasteiger partial charge in [-0.25, -0.2) is 4.79 Å². The second-order valence-corrected chi connectivity index (χ2v) is 7.50. The molecule has 0 bridgehead atoms. The van der Waals surface area contributed by atoms with Crippen molar-refractivity contribution in [1.82, 2.24) is 15.5 Å². The van der Waals surface area contributed by atoms with Crippen molar-refractivity contribution in [1.29, 1.82) is 0 Å². The Morgan fingerprint density at radius 1 is 1.25 bits per heavy atom. The monoisotopic (exact) mass is 454 g/mol. The minimum Gasteiger partial charge on any atom is -0.444 e. The van der Waals surface area contributed by atoms with Gasteiger partial charge in [-0.05, 0) is 52.4 Å². The molecule has 24 heavy (non-hydrogen) atoms. The summed E-state index contributed by atoms with van der Waals surface area (Å²) < 4.78 is 5.33. The number of amides is 1. The lowest BCUT2D eigenvalue weighted by atomic mass is 9.87. The third kappa shape index (κ3) is 9.54. The minimum atomic E-state index is -0.464. The van der Waals surface area contributed by atoms with Crippen LogP contribution in [-0.4, -0.2) is 55.8 Å². The van der Waals surface area contributed by atoms with Crippen LogP contribution in [-0.2, 0) is 4.74 Å². The van der Waals surface area contributed by atoms with Gasteiger partial charge in [0.15, 0.2) is 5.96 Å². The van der Waals surface area contributed by atoms with Gasteiger partial charge in [0.1, 0.15) is 5.60 Å². The van der Waals surface area contributed by atoms with Crippen LogP contribution in [0, 0.1) is 5.92 Å². The molecule has 0 saturated heterocycles. The van der Waals surface area contributed by atoms with E-state index in [0.29, 0.717) is 19.1 Å². The Kier molecular flexibility index (Phi) is 10.7. The van der Waals surface area contributed by atoms with Crippen LogP contribution < -0.4 is 10.6 Å². The number of likely N-dealkylation sites (N-methyl/N-ethyl adjacent to an activating group) is 1. The van der Waals surface area contributed by atoms with E-state index in [1.807, 2.05) is 20.8 Å². The molecule has 0 aromatic carbocycles. The number of carbonyl (C=O) groups excluding carboxylic acids is 1. The van der Waals surface area contributed by atoms with Gasteiger partial charge in [0.2, 0.25) is 0 Å². The van der Waals surface area contributed by atoms with Gasteiger partial charge in [0.25, 0.3) is 0 Å². The summed E-state index contributed by atoms with van der Waals surface area (Å²) in [5, 5.41) is 6.74. The van der Waals surface area contributed by atoms with E-state index in [1.54, 1.807) is 19.0 Å². The number of guanidine groups is 1. The molecule has 0 aromatic rings. The molecule has 0 aromatic heterocycles. The standard InChI is InChI=1S/C17H34N4O2.HI/c1-13-7-9-14(10-8-13)20-15(18-5)19-11-12-21(6)16(22)23-17(2,3)4;/h13-14H,7-12H2,1-6H3,(H2,18,19,20);1H. The molecule has 0 radical (unpaired) electrons. The van der Waals surface area contributed by atoms with Crippen LogP contribution >= 0.6 is 24.0 Å². The van der Waals surface area contributed by atoms with Crippen LogP contribution in [0.3, 0.4) is 0 Å². The number of aliphatic imine (C=N–C) groups is 1. The highest BCUT2D eigenvalue weighted by atomic mass is 127. The fraction of sp³-hybridized carbons (Fsp3) is 0.882. The van der Waals surface area contributed by atoms with Crippen molar-refractivity contribution in [2.24, 2.45) is 10.9 Å². The number of halogens is 1. The van der Waals surface area contributed by atoms with E-state index >= 15 is 0 Å². The van der Waals surface area contributed by atoms with Crippen molar-refractivity contribution in [3.05, 3.63) is 0 Å². The fourth-order valence-electron chi connectivity index (χ4n) is 2.57. The molecule has 142 valence electrons. The highest BCUT2D eigenvalue weighted by molar-refractivity contribution is 14.0. The predicted molar refractivity (Wildman–Crippen MR) is 110 cm³/mol. The van der Waals surface area contributed by atoms with Gasteiger partial charge in [-0.15, -0.1) is 24.0 Å². The van der Waals surface area contributed by atoms with Crippen LogP contribution in [0.5, 0.6) is 0 Å². The first-order valence-corrected chi connectivity index (χ1v) is 8.62. The van der Waals surface area contributed by atoms with E-state index in [4.69, 9.17) is 4.74 Å². The molecule has 1 saturated carbocycles. The van der Waals surface area contributed by atoms with Gasteiger partial charge in [0, 0.05) is 33.2 Å². The minimum absolute atomic E-state index is 0. The van der Waals surface area contributed by atoms with Crippen LogP contribution in [0.2, 0.25) is 0 Å². The maximum absolute atomic E-state index is 11.9. The van der Waals surface area contributed by atoms with Gasteiger partial charge < -0.3 is 20.3 Å². The third-order valence-electron chi connectivity index (χ3n) is 4.03. The van der Waals surface area contributed by atoms with Gasteiger partial charge in [0.05, 0.1) is 0 Å². The Morgan fingerprint density at radius 3 is 2.33 bits per heavy atom. The Hall–Kier alpha value is -0.730. The van der Waals surface area contributed by atoms with E-state index in [-0.39, 0.29) is 30.1 Å². The Balaban J connectivity index is 0.00000529. The molecule has 0 unspecified atom stereocenters. The van der Waals surface area contributed by atoms with E-state index in [9.17, 15) is 4.79 Å². The number of hydrogen-bond acceptors (Lipinski definition) is 3. The summed E-state index contributed by atoms with van der Waals surface area (Å²) in [6, 6.07) is 0.501. The van der Waals surface area contributed by atoms with Crippen molar-refractivity contribution in [2.45, 2.75) is 65.0 Å². The number of ether oxygens (including phenoxy) is 1. The summed E-state index contributed by atoms with van der Waals surface area (Å²) in [7, 11) is 3.52. The van der Waals surface area contributed by atoms with Gasteiger partial charge in [-0.3, -0.25) is 4.99 Å². The summed E-state index contributed by atoms with van der Waals surface area (Å²) in [5.74, 6) is 1.65. The molecule has 1 fully saturated rings. The molecule has 7 heteroatoms. The number of nitrogens with zero attached hydrogens (tertiary/aromatic N) is 2. The molecule has 1 aliphatic carbocycles. The molecule has 1 amide bonds. The average molecular weight is 454 g/mol. The summed E-state index contributed by atoms with van der Waals surface area (Å²) in [6.07, 6.45) is 4.63. The third-order valence-corrected chi connectivity index (χ3v) is 4.03. The maximum Gasteiger partial charge on any atom is 0.410 e. The largest absolute Gasteiger partial charge is 0.444 e. The number of carbonyl (C=O) groups is 1. The molecule has 1 rings (SSSR count). The van der Waals surface area contributed by atoms with Crippen LogP contribution in [0.4, 0.5) is 4.79 Å². The Morgan fingerprint density at radius 2 is 1.83 bits per heavy atom. The van der Waals surface area contributed by atoms with Crippen molar-refractivity contribution in [3.63, 3.8) is 0 Å². The average Bonchev–Trinajstić information content (AvgIpc) is 2.46. The lowest BCUT2D eigenvalue weighted by molar-refractivity contribution is 0.0302. The predicted octanol–water partition coefficient (Wildman–Crippen LogP) is 3.22. The molecule has 0 aliphatic heterocycles. The van der Waals surface area contributed by atoms with Crippen LogP contribution in [0.25, 0.3) is 0 Å². The Bertz CT molecular complexity index is 402. The van der Waals surface area contributed by atoms with Gasteiger partial charge in [-0.1, -0.05) is 6.92 Å². The number of rotatable bonds is 4. The van der Waals surface area contributed by atoms with Crippen molar-refractivity contribution in [2.75, 3.05) is 27.2 Å². The van der Waals surface area contributed by atoms with Gasteiger partial charge in [-0.2, -0.15) is 0 Å². The van der Waals surface area contributed by atoms with Crippen molar-refractivity contribution in [3.8, 4) is 0 Å². The first-order chi connectivity index (χ1) is 10.7. The molecule has 0 spiro atoms. The van der Waals surface area contributed by atoms with E-state index in [2.05, 4.69) is 22.5 Å². The van der Waals surface area contributed by atoms with Crippen LogP contribution in [0.1, 0.15) is 53.4 Å². The van der Waals surface area contributed by atoms with E-state index < -0.39 is 5.60 Å². The quantitative estimate of drug-likeness (QED) is 0.389. The molecule has 1 aliphatic rings. The SMILES string of the molecule is CN=C(NCCN(C)C(=O)OC(C)(C)C)NC1CCC(C)CC1.I. The Labute approximate surface area is 164 Å². The lowest BCUT2D eigenvalue weighted by Crippen LogP contribution is -2.47. The van der Waals surface area contributed by atoms with Crippen molar-refractivity contribution < 1.29 is 9.53 Å². The number of nitrogens with one attached hydrogen (secondary N) is 2. The molecule has 6 nitrogen and oxygen atoms in total. The first kappa shape index (κ1) is 23.3. The normalized spacial score (nSPS) is 21.5. The molecular weight excluding hydrogens is 419 g/mol. The summed E-state index contributed by atoms with van der Waals surface area (Å²) in [5.41, 5.74) is -0.464. The fourth-order valence-corrected chi connectivity index (χ4v) is 2.57. The summed E-state index contributed by atoms with van der Waals surface area (Å²) >= 11 is 0. The summed E-state index contributed by atoms with van der Waals surface area (Å²) in [4.78, 5) is 17.7. The zero-order valence-corrected chi connectivity index (χ0v) is 18.3. The van der Waals surface area contributed by atoms with Crippen LogP contribution in [0.15, 0.2) is 4.99 Å². The second kappa shape index (κ2) is 11.0. The van der Waals surface area contributed by atoms with E-state index in [0.717, 1.165) is 11.9 Å². The van der Waals surface area contributed by atoms with Crippen molar-refractivity contribution >= 4 is 36.0 Å². The molecular formula is C17H35IN4O2. The zero-order valence-electron chi connectivity index (χ0n) is 16.0. The van der Waals surface area contributed by atoms with Gasteiger partial charge >= 0.3 is 6.09 Å². The lowest BCUT2D eigenvalue weighted by Gasteiger charge is -2.28. The second-order valence-electron chi connectivity index (χ2n) is 7.50. The highest BCUT2D eigenvalue weighted by Gasteiger charge is 2.20. The molecule has 2 N–H and O–H groups in total. The topological polar surface area (TPSA) is 66.0 Å². The summed E-state index contributed by atoms with van der Waals surface area (Å²) in [6.45, 7) is 9.13. The highest BCUT2D eigenvalue weighted by Crippen LogP contribution is 2.23. The smallest absolute Gasteiger partial charge is 0.410 e. The molecule has 0 heterocycles. The van der Waals surface area contributed by atoms with E-state index in [1.165, 1.54) is 25.7 Å². The maximum atomic E-state index is 11.9.